The van der Waals surface area contributed by atoms with Crippen LogP contribution in [0.25, 0.3) is 0 Å². The molecule has 4 nitrogen and oxygen atoms in total. The molecule has 0 aromatic carbocycles. The second-order valence-corrected chi connectivity index (χ2v) is 4.54. The van der Waals surface area contributed by atoms with Gasteiger partial charge in [0.2, 0.25) is 0 Å². The second kappa shape index (κ2) is 3.59. The Kier molecular flexibility index (Phi) is 2.46. The third-order valence-electron chi connectivity index (χ3n) is 2.20. The summed E-state index contributed by atoms with van der Waals surface area (Å²) >= 11 is 1.49. The van der Waals surface area contributed by atoms with E-state index in [1.165, 1.54) is 11.3 Å². The van der Waals surface area contributed by atoms with E-state index in [9.17, 15) is 0 Å². The van der Waals surface area contributed by atoms with Crippen LogP contribution < -0.4 is 10.5 Å². The van der Waals surface area contributed by atoms with E-state index in [4.69, 9.17) is 10.5 Å². The van der Waals surface area contributed by atoms with E-state index < -0.39 is 0 Å². The molecule has 2 rings (SSSR count). The molecule has 0 amide bonds. The number of nitrogens with two attached hydrogens (primary N) is 1. The quantitative estimate of drug-likeness (QED) is 0.775. The molecule has 13 heavy (non-hydrogen) atoms. The van der Waals surface area contributed by atoms with Crippen molar-refractivity contribution in [2.75, 3.05) is 0 Å². The maximum absolute atomic E-state index is 5.77. The third kappa shape index (κ3) is 2.16. The van der Waals surface area contributed by atoms with Crippen molar-refractivity contribution in [2.24, 2.45) is 5.73 Å². The van der Waals surface area contributed by atoms with Gasteiger partial charge in [0.25, 0.3) is 5.19 Å². The van der Waals surface area contributed by atoms with Gasteiger partial charge in [-0.25, -0.2) is 0 Å². The maximum Gasteiger partial charge on any atom is 0.294 e. The van der Waals surface area contributed by atoms with Crippen LogP contribution in [0.1, 0.15) is 24.3 Å². The summed E-state index contributed by atoms with van der Waals surface area (Å²) in [4.78, 5) is 0. The summed E-state index contributed by atoms with van der Waals surface area (Å²) in [5.41, 5.74) is 5.77. The van der Waals surface area contributed by atoms with Crippen LogP contribution in [-0.4, -0.2) is 22.3 Å². The van der Waals surface area contributed by atoms with Crippen molar-refractivity contribution in [3.63, 3.8) is 0 Å². The lowest BCUT2D eigenvalue weighted by Crippen LogP contribution is -2.19. The van der Waals surface area contributed by atoms with Crippen molar-refractivity contribution in [3.8, 4) is 5.19 Å². The van der Waals surface area contributed by atoms with Crippen LogP contribution in [0.4, 0.5) is 0 Å². The highest BCUT2D eigenvalue weighted by atomic mass is 32.1. The van der Waals surface area contributed by atoms with Crippen molar-refractivity contribution in [1.82, 2.24) is 10.2 Å². The number of rotatable bonds is 2. The van der Waals surface area contributed by atoms with Crippen LogP contribution in [0, 0.1) is 6.92 Å². The van der Waals surface area contributed by atoms with Gasteiger partial charge >= 0.3 is 0 Å². The van der Waals surface area contributed by atoms with Crippen LogP contribution in [0.5, 0.6) is 5.19 Å². The predicted molar refractivity (Wildman–Crippen MR) is 50.9 cm³/mol. The zero-order valence-corrected chi connectivity index (χ0v) is 8.38. The van der Waals surface area contributed by atoms with Crippen molar-refractivity contribution >= 4 is 11.3 Å². The summed E-state index contributed by atoms with van der Waals surface area (Å²) in [7, 11) is 0. The van der Waals surface area contributed by atoms with E-state index in [0.717, 1.165) is 24.3 Å². The summed E-state index contributed by atoms with van der Waals surface area (Å²) in [6, 6.07) is 0.305. The minimum absolute atomic E-state index is 0.252. The number of aryl methyl sites for hydroxylation is 1. The molecule has 2 unspecified atom stereocenters. The fraction of sp³-hybridized carbons (Fsp3) is 0.750. The van der Waals surface area contributed by atoms with Gasteiger partial charge < -0.3 is 10.5 Å². The molecule has 1 aliphatic carbocycles. The lowest BCUT2D eigenvalue weighted by Gasteiger charge is -2.08. The fourth-order valence-electron chi connectivity index (χ4n) is 1.55. The van der Waals surface area contributed by atoms with Crippen LogP contribution in [0.2, 0.25) is 0 Å². The van der Waals surface area contributed by atoms with Crippen LogP contribution in [0.15, 0.2) is 0 Å². The summed E-state index contributed by atoms with van der Waals surface area (Å²) in [5, 5.41) is 9.42. The van der Waals surface area contributed by atoms with E-state index >= 15 is 0 Å². The summed E-state index contributed by atoms with van der Waals surface area (Å²) in [6.45, 7) is 1.92. The Balaban J connectivity index is 1.91. The minimum Gasteiger partial charge on any atom is -0.466 e. The summed E-state index contributed by atoms with van der Waals surface area (Å²) in [5.74, 6) is 0. The molecule has 2 N–H and O–H groups in total. The molecule has 1 aromatic rings. The third-order valence-corrected chi connectivity index (χ3v) is 2.93. The molecule has 1 fully saturated rings. The average Bonchev–Trinajstić information content (AvgIpc) is 2.62. The lowest BCUT2D eigenvalue weighted by atomic mass is 10.3. The van der Waals surface area contributed by atoms with Gasteiger partial charge in [-0.1, -0.05) is 11.3 Å². The molecule has 0 saturated heterocycles. The molecule has 2 atom stereocenters. The van der Waals surface area contributed by atoms with Gasteiger partial charge in [0.15, 0.2) is 0 Å². The highest BCUT2D eigenvalue weighted by Gasteiger charge is 2.24. The van der Waals surface area contributed by atoms with Gasteiger partial charge in [-0.05, 0) is 26.2 Å². The molecule has 1 heterocycles. The zero-order chi connectivity index (χ0) is 9.26. The first kappa shape index (κ1) is 8.90. The number of aromatic nitrogens is 2. The Hall–Kier alpha value is -0.680. The van der Waals surface area contributed by atoms with Crippen molar-refractivity contribution in [3.05, 3.63) is 5.01 Å². The summed E-state index contributed by atoms with van der Waals surface area (Å²) < 4.78 is 5.63. The van der Waals surface area contributed by atoms with Gasteiger partial charge in [0.05, 0.1) is 0 Å². The SMILES string of the molecule is Cc1nnc(OC2CCC(N)C2)s1. The highest BCUT2D eigenvalue weighted by molar-refractivity contribution is 7.12. The molecule has 1 aliphatic rings. The van der Waals surface area contributed by atoms with Gasteiger partial charge in [-0.2, -0.15) is 0 Å². The Morgan fingerprint density at radius 3 is 2.85 bits per heavy atom. The Labute approximate surface area is 81.1 Å². The second-order valence-electron chi connectivity index (χ2n) is 3.40. The molecule has 1 aromatic heterocycles. The van der Waals surface area contributed by atoms with Crippen LogP contribution in [-0.2, 0) is 0 Å². The van der Waals surface area contributed by atoms with E-state index in [1.807, 2.05) is 6.92 Å². The number of hydrogen-bond donors (Lipinski definition) is 1. The highest BCUT2D eigenvalue weighted by Crippen LogP contribution is 2.25. The first-order chi connectivity index (χ1) is 6.24. The van der Waals surface area contributed by atoms with Gasteiger partial charge in [0.1, 0.15) is 11.1 Å². The summed E-state index contributed by atoms with van der Waals surface area (Å²) in [6.07, 6.45) is 3.29. The molecule has 0 bridgehead atoms. The number of ether oxygens (including phenoxy) is 1. The zero-order valence-electron chi connectivity index (χ0n) is 7.56. The largest absolute Gasteiger partial charge is 0.466 e. The number of nitrogens with zero attached hydrogens (tertiary/aromatic N) is 2. The van der Waals surface area contributed by atoms with Crippen LogP contribution >= 0.6 is 11.3 Å². The first-order valence-corrected chi connectivity index (χ1v) is 5.28. The Bertz CT molecular complexity index is 289. The first-order valence-electron chi connectivity index (χ1n) is 4.46. The minimum atomic E-state index is 0.252. The predicted octanol–water partition coefficient (Wildman–Crippen LogP) is 1.11. The van der Waals surface area contributed by atoms with Gasteiger partial charge in [-0.15, -0.1) is 10.2 Å². The lowest BCUT2D eigenvalue weighted by molar-refractivity contribution is 0.206. The molecular formula is C8H13N3OS. The molecule has 0 radical (unpaired) electrons. The molecule has 0 spiro atoms. The van der Waals surface area contributed by atoms with Gasteiger partial charge in [-0.3, -0.25) is 0 Å². The Morgan fingerprint density at radius 2 is 2.31 bits per heavy atom. The van der Waals surface area contributed by atoms with E-state index in [-0.39, 0.29) is 6.10 Å². The van der Waals surface area contributed by atoms with Gasteiger partial charge in [0, 0.05) is 6.04 Å². The fourth-order valence-corrected chi connectivity index (χ4v) is 2.15. The Morgan fingerprint density at radius 1 is 1.46 bits per heavy atom. The number of hydrogen-bond acceptors (Lipinski definition) is 5. The van der Waals surface area contributed by atoms with Crippen molar-refractivity contribution in [1.29, 1.82) is 0 Å². The average molecular weight is 199 g/mol. The maximum atomic E-state index is 5.77. The van der Waals surface area contributed by atoms with Crippen molar-refractivity contribution < 1.29 is 4.74 Å². The molecule has 5 heteroatoms. The molecule has 0 aliphatic heterocycles. The molecule has 1 saturated carbocycles. The standard InChI is InChI=1S/C8H13N3OS/c1-5-10-11-8(13-5)12-7-3-2-6(9)4-7/h6-7H,2-4,9H2,1H3. The van der Waals surface area contributed by atoms with Crippen LogP contribution in [0.3, 0.4) is 0 Å². The van der Waals surface area contributed by atoms with E-state index in [0.29, 0.717) is 11.2 Å². The normalized spacial score (nSPS) is 27.8. The topological polar surface area (TPSA) is 61.0 Å². The molecule has 72 valence electrons. The monoisotopic (exact) mass is 199 g/mol. The molecular weight excluding hydrogens is 186 g/mol. The van der Waals surface area contributed by atoms with E-state index in [2.05, 4.69) is 10.2 Å². The van der Waals surface area contributed by atoms with Crippen molar-refractivity contribution in [2.45, 2.75) is 38.3 Å². The smallest absolute Gasteiger partial charge is 0.294 e. The van der Waals surface area contributed by atoms with E-state index in [1.54, 1.807) is 0 Å².